The van der Waals surface area contributed by atoms with E-state index < -0.39 is 49.8 Å². The molecule has 0 amide bonds. The molecule has 9 heterocycles. The van der Waals surface area contributed by atoms with Gasteiger partial charge in [-0.25, -0.2) is 72.5 Å². The molecule has 16 nitrogen and oxygen atoms in total. The van der Waals surface area contributed by atoms with Crippen LogP contribution in [-0.2, 0) is 72.5 Å². The van der Waals surface area contributed by atoms with E-state index in [1.165, 1.54) is 0 Å². The van der Waals surface area contributed by atoms with Gasteiger partial charge in [0.05, 0.1) is 0 Å². The molecule has 0 spiro atoms. The molecule has 0 atom stereocenters. The average molecular weight is 416 g/mol. The summed E-state index contributed by atoms with van der Waals surface area (Å²) in [6, 6.07) is 0. The highest BCUT2D eigenvalue weighted by molar-refractivity contribution is 7.54. The fourth-order valence-corrected chi connectivity index (χ4v) is 6.63. The molecule has 0 N–H and O–H groups in total. The minimum absolute atomic E-state index is 2.44. The van der Waals surface area contributed by atoms with Gasteiger partial charge < -0.3 is 0 Å². The van der Waals surface area contributed by atoms with Crippen molar-refractivity contribution in [1.29, 1.82) is 0 Å². The molecule has 0 unspecified atom stereocenters. The van der Waals surface area contributed by atoms with Crippen molar-refractivity contribution in [2.75, 3.05) is 0 Å². The molecular formula is C3O16P4. The summed E-state index contributed by atoms with van der Waals surface area (Å²) >= 11 is 0. The van der Waals surface area contributed by atoms with Crippen molar-refractivity contribution in [3.05, 3.63) is 0 Å². The molecular weight excluding hydrogens is 416 g/mol. The van der Waals surface area contributed by atoms with Crippen molar-refractivity contribution in [1.82, 2.24) is 0 Å². The zero-order valence-corrected chi connectivity index (χ0v) is 13.4. The molecule has 6 bridgehead atoms. The van der Waals surface area contributed by atoms with E-state index in [2.05, 4.69) is 54.3 Å². The van der Waals surface area contributed by atoms with Crippen LogP contribution in [0, 0.1) is 0 Å². The van der Waals surface area contributed by atoms with Gasteiger partial charge in [-0.05, 0) is 0 Å². The molecule has 9 aliphatic heterocycles. The van der Waals surface area contributed by atoms with E-state index in [9.17, 15) is 18.3 Å². The molecule has 20 heteroatoms. The second-order valence-corrected chi connectivity index (χ2v) is 10.2. The van der Waals surface area contributed by atoms with E-state index >= 15 is 0 Å². The van der Waals surface area contributed by atoms with Crippen LogP contribution >= 0.6 is 31.3 Å². The highest BCUT2D eigenvalue weighted by Crippen LogP contribution is 2.88. The van der Waals surface area contributed by atoms with Gasteiger partial charge >= 0.3 is 49.8 Å². The third-order valence-corrected chi connectivity index (χ3v) is 8.05. The lowest BCUT2D eigenvalue weighted by molar-refractivity contribution is -0.551. The first kappa shape index (κ1) is 14.6. The molecule has 0 saturated carbocycles. The van der Waals surface area contributed by atoms with Gasteiger partial charge in [0, 0.05) is 0 Å². The minimum atomic E-state index is -4.94. The maximum absolute atomic E-state index is 12.6. The van der Waals surface area contributed by atoms with Crippen LogP contribution < -0.4 is 0 Å². The van der Waals surface area contributed by atoms with Crippen molar-refractivity contribution >= 4 is 31.3 Å². The maximum Gasteiger partial charge on any atom is 0.493 e. The number of rotatable bonds is 6. The predicted octanol–water partition coefficient (Wildman–Crippen LogP) is 1.53. The van der Waals surface area contributed by atoms with Gasteiger partial charge in [0.2, 0.25) is 0 Å². The smallest absolute Gasteiger partial charge is 0.227 e. The zero-order chi connectivity index (χ0) is 16.0. The van der Waals surface area contributed by atoms with Gasteiger partial charge in [0.25, 0.3) is 0 Å². The standard InChI is InChI=1S/C3O16P4/c4-20-8-1(9-20,10-20)17-23(7,18-2-11-21(5,12-2)13-2)19-3-14-22(6,15-3)16-3. The molecule has 128 valence electrons. The summed E-state index contributed by atoms with van der Waals surface area (Å²) in [4.78, 5) is 0. The summed E-state index contributed by atoms with van der Waals surface area (Å²) < 4.78 is 100. The van der Waals surface area contributed by atoms with Crippen LogP contribution in [0.1, 0.15) is 0 Å². The van der Waals surface area contributed by atoms with Crippen LogP contribution in [0.25, 0.3) is 0 Å². The Balaban J connectivity index is 1.24. The summed E-state index contributed by atoms with van der Waals surface area (Å²) in [6.45, 7) is 0. The van der Waals surface area contributed by atoms with Crippen molar-refractivity contribution in [3.8, 4) is 0 Å². The first-order valence-corrected chi connectivity index (χ1v) is 11.2. The lowest BCUT2D eigenvalue weighted by atomic mass is 11.2. The lowest BCUT2D eigenvalue weighted by Crippen LogP contribution is -2.63. The highest BCUT2D eigenvalue weighted by atomic mass is 31.2. The van der Waals surface area contributed by atoms with Crippen LogP contribution in [-0.4, -0.2) is 18.5 Å². The Hall–Kier alpha value is 0.440. The summed E-state index contributed by atoms with van der Waals surface area (Å²) in [5.41, 5.74) is 0. The molecule has 9 aliphatic rings. The molecule has 23 heavy (non-hydrogen) atoms. The number of phosphoric acid groups is 4. The molecule has 0 radical (unpaired) electrons. The zero-order valence-electron chi connectivity index (χ0n) is 9.82. The molecule has 0 aliphatic carbocycles. The van der Waals surface area contributed by atoms with Gasteiger partial charge in [-0.3, -0.25) is 0 Å². The van der Waals surface area contributed by atoms with E-state index in [-0.39, 0.29) is 0 Å². The monoisotopic (exact) mass is 416 g/mol. The van der Waals surface area contributed by atoms with Crippen LogP contribution in [0.3, 0.4) is 0 Å². The van der Waals surface area contributed by atoms with Gasteiger partial charge in [0.1, 0.15) is 0 Å². The quantitative estimate of drug-likeness (QED) is 0.568. The Morgan fingerprint density at radius 2 is 0.783 bits per heavy atom. The third kappa shape index (κ3) is 1.79. The SMILES string of the molecule is O=P(OC12OP(=O)(O1)O2)(OC12OP(=O)(O1)O2)OC12OP(=O)(O1)O2. The van der Waals surface area contributed by atoms with E-state index in [0.29, 0.717) is 0 Å². The van der Waals surface area contributed by atoms with Crippen molar-refractivity contribution < 1.29 is 72.5 Å². The lowest BCUT2D eigenvalue weighted by Gasteiger charge is -2.57. The fraction of sp³-hybridized carbons (Fsp3) is 1.00. The van der Waals surface area contributed by atoms with E-state index in [1.807, 2.05) is 0 Å². The van der Waals surface area contributed by atoms with Crippen molar-refractivity contribution in [2.45, 2.75) is 18.5 Å². The first-order chi connectivity index (χ1) is 10.5. The second kappa shape index (κ2) is 3.48. The second-order valence-electron chi connectivity index (χ2n) is 4.38. The van der Waals surface area contributed by atoms with Gasteiger partial charge in [0.15, 0.2) is 0 Å². The fourth-order valence-electron chi connectivity index (χ4n) is 1.91. The third-order valence-electron chi connectivity index (χ3n) is 2.68. The van der Waals surface area contributed by atoms with E-state index in [0.717, 1.165) is 0 Å². The Morgan fingerprint density at radius 1 is 0.565 bits per heavy atom. The molecule has 0 aromatic rings. The number of hydrogen-bond donors (Lipinski definition) is 0. The average Bonchev–Trinajstić information content (AvgIpc) is 2.17. The summed E-state index contributed by atoms with van der Waals surface area (Å²) in [5, 5.41) is 0. The molecule has 9 saturated heterocycles. The topological polar surface area (TPSA) is 179 Å². The first-order valence-electron chi connectivity index (χ1n) is 5.37. The maximum atomic E-state index is 12.6. The Bertz CT molecular complexity index is 666. The van der Waals surface area contributed by atoms with E-state index in [4.69, 9.17) is 0 Å². The van der Waals surface area contributed by atoms with Crippen molar-refractivity contribution in [2.24, 2.45) is 0 Å². The van der Waals surface area contributed by atoms with Crippen molar-refractivity contribution in [3.63, 3.8) is 0 Å². The Kier molecular flexibility index (Phi) is 2.21. The highest BCUT2D eigenvalue weighted by Gasteiger charge is 2.86. The normalized spacial score (nSPS) is 65.6. The largest absolute Gasteiger partial charge is 0.493 e. The Labute approximate surface area is 123 Å². The van der Waals surface area contributed by atoms with Crippen LogP contribution in [0.15, 0.2) is 0 Å². The van der Waals surface area contributed by atoms with Gasteiger partial charge in [-0.15, -0.1) is 0 Å². The van der Waals surface area contributed by atoms with Crippen LogP contribution in [0.4, 0.5) is 0 Å². The van der Waals surface area contributed by atoms with Gasteiger partial charge in [-0.2, -0.15) is 0 Å². The molecule has 9 fully saturated rings. The predicted molar refractivity (Wildman–Crippen MR) is 51.6 cm³/mol. The van der Waals surface area contributed by atoms with Crippen LogP contribution in [0.2, 0.25) is 0 Å². The van der Waals surface area contributed by atoms with Crippen LogP contribution in [0.5, 0.6) is 0 Å². The number of hydrogen-bond acceptors (Lipinski definition) is 16. The summed E-state index contributed by atoms with van der Waals surface area (Å²) in [7, 11) is -16.0. The Morgan fingerprint density at radius 3 is 0.957 bits per heavy atom. The number of phosphoric ester groups is 4. The minimum Gasteiger partial charge on any atom is -0.227 e. The summed E-state index contributed by atoms with van der Waals surface area (Å²) in [5.74, 6) is 0. The van der Waals surface area contributed by atoms with Gasteiger partial charge in [-0.1, -0.05) is 0 Å². The molecule has 0 aromatic carbocycles. The van der Waals surface area contributed by atoms with E-state index in [1.54, 1.807) is 0 Å². The molecule has 9 rings (SSSR count). The molecule has 0 aromatic heterocycles. The summed E-state index contributed by atoms with van der Waals surface area (Å²) in [6.07, 6.45) is -7.31.